The lowest BCUT2D eigenvalue weighted by atomic mass is 9.97. The fraction of sp³-hybridized carbons (Fsp3) is 0.150. The van der Waals surface area contributed by atoms with Gasteiger partial charge in [0.2, 0.25) is 0 Å². The maximum atomic E-state index is 12.3. The molecule has 2 aromatic carbocycles. The van der Waals surface area contributed by atoms with Crippen molar-refractivity contribution in [2.45, 2.75) is 13.0 Å². The van der Waals surface area contributed by atoms with E-state index < -0.39 is 0 Å². The molecule has 0 aromatic heterocycles. The Labute approximate surface area is 137 Å². The first-order valence-corrected chi connectivity index (χ1v) is 7.54. The highest BCUT2D eigenvalue weighted by Gasteiger charge is 2.22. The van der Waals surface area contributed by atoms with E-state index in [2.05, 4.69) is 5.32 Å². The fourth-order valence-corrected chi connectivity index (χ4v) is 2.29. The lowest BCUT2D eigenvalue weighted by Crippen LogP contribution is -2.20. The average Bonchev–Trinajstić information content (AvgIpc) is 2.62. The SMILES string of the molecule is C/C=C/C=C(/C(=O)OC)C(Nc1ccccc1)c1ccccc1. The van der Waals surface area contributed by atoms with Gasteiger partial charge in [0.15, 0.2) is 0 Å². The van der Waals surface area contributed by atoms with Crippen LogP contribution in [0.25, 0.3) is 0 Å². The van der Waals surface area contributed by atoms with E-state index in [-0.39, 0.29) is 12.0 Å². The molecule has 0 aliphatic rings. The van der Waals surface area contributed by atoms with Gasteiger partial charge < -0.3 is 10.1 Å². The minimum atomic E-state index is -0.347. The number of rotatable bonds is 6. The lowest BCUT2D eigenvalue weighted by molar-refractivity contribution is -0.136. The molecule has 0 heterocycles. The van der Waals surface area contributed by atoms with Gasteiger partial charge >= 0.3 is 5.97 Å². The van der Waals surface area contributed by atoms with Crippen LogP contribution < -0.4 is 5.32 Å². The third kappa shape index (κ3) is 4.58. The third-order valence-corrected chi connectivity index (χ3v) is 3.42. The minimum Gasteiger partial charge on any atom is -0.466 e. The first-order valence-electron chi connectivity index (χ1n) is 7.54. The van der Waals surface area contributed by atoms with E-state index in [0.717, 1.165) is 11.3 Å². The van der Waals surface area contributed by atoms with Gasteiger partial charge in [0.05, 0.1) is 18.7 Å². The Kier molecular flexibility index (Phi) is 6.18. The molecule has 3 nitrogen and oxygen atoms in total. The number of hydrogen-bond acceptors (Lipinski definition) is 3. The summed E-state index contributed by atoms with van der Waals surface area (Å²) in [5.74, 6) is -0.347. The van der Waals surface area contributed by atoms with Crippen molar-refractivity contribution in [1.29, 1.82) is 0 Å². The second-order valence-electron chi connectivity index (χ2n) is 4.99. The molecule has 0 saturated carbocycles. The second-order valence-corrected chi connectivity index (χ2v) is 4.99. The van der Waals surface area contributed by atoms with Crippen molar-refractivity contribution in [2.24, 2.45) is 0 Å². The Balaban J connectivity index is 2.44. The zero-order chi connectivity index (χ0) is 16.5. The van der Waals surface area contributed by atoms with Crippen LogP contribution in [0.1, 0.15) is 18.5 Å². The first kappa shape index (κ1) is 16.6. The van der Waals surface area contributed by atoms with Gasteiger partial charge in [-0.05, 0) is 30.7 Å². The van der Waals surface area contributed by atoms with E-state index in [0.29, 0.717) is 5.57 Å². The van der Waals surface area contributed by atoms with Crippen LogP contribution in [0.5, 0.6) is 0 Å². The van der Waals surface area contributed by atoms with Crippen molar-refractivity contribution in [3.8, 4) is 0 Å². The smallest absolute Gasteiger partial charge is 0.336 e. The number of benzene rings is 2. The number of esters is 1. The molecule has 0 radical (unpaired) electrons. The van der Waals surface area contributed by atoms with E-state index in [4.69, 9.17) is 4.74 Å². The number of carbonyl (C=O) groups is 1. The summed E-state index contributed by atoms with van der Waals surface area (Å²) in [7, 11) is 1.40. The Morgan fingerprint density at radius 1 is 1.04 bits per heavy atom. The molecule has 0 aliphatic carbocycles. The standard InChI is InChI=1S/C20H21NO2/c1-3-4-15-18(20(22)23-2)19(16-11-7-5-8-12-16)21-17-13-9-6-10-14-17/h3-15,19,21H,1-2H3/b4-3+,18-15+. The van der Waals surface area contributed by atoms with Crippen LogP contribution >= 0.6 is 0 Å². The monoisotopic (exact) mass is 307 g/mol. The van der Waals surface area contributed by atoms with Gasteiger partial charge in [0, 0.05) is 5.69 Å². The summed E-state index contributed by atoms with van der Waals surface area (Å²) >= 11 is 0. The van der Waals surface area contributed by atoms with Crippen molar-refractivity contribution in [3.63, 3.8) is 0 Å². The second kappa shape index (κ2) is 8.59. The fourth-order valence-electron chi connectivity index (χ4n) is 2.29. The molecule has 1 unspecified atom stereocenters. The number of ether oxygens (including phenoxy) is 1. The van der Waals surface area contributed by atoms with E-state index >= 15 is 0 Å². The van der Waals surface area contributed by atoms with Gasteiger partial charge in [-0.1, -0.05) is 60.7 Å². The summed E-state index contributed by atoms with van der Waals surface area (Å²) in [6.45, 7) is 1.91. The summed E-state index contributed by atoms with van der Waals surface area (Å²) in [6.07, 6.45) is 5.52. The minimum absolute atomic E-state index is 0.290. The van der Waals surface area contributed by atoms with Crippen molar-refractivity contribution in [1.82, 2.24) is 0 Å². The molecule has 23 heavy (non-hydrogen) atoms. The average molecular weight is 307 g/mol. The van der Waals surface area contributed by atoms with Crippen LogP contribution in [0.15, 0.2) is 84.5 Å². The molecule has 0 saturated heterocycles. The maximum absolute atomic E-state index is 12.3. The number of methoxy groups -OCH3 is 1. The molecule has 0 spiro atoms. The molecule has 0 amide bonds. The number of para-hydroxylation sites is 1. The number of nitrogens with one attached hydrogen (secondary N) is 1. The van der Waals surface area contributed by atoms with Crippen molar-refractivity contribution in [2.75, 3.05) is 12.4 Å². The molecule has 118 valence electrons. The molecule has 1 atom stereocenters. The summed E-state index contributed by atoms with van der Waals surface area (Å²) in [6, 6.07) is 19.4. The summed E-state index contributed by atoms with van der Waals surface area (Å²) < 4.78 is 4.97. The third-order valence-electron chi connectivity index (χ3n) is 3.42. The highest BCUT2D eigenvalue weighted by atomic mass is 16.5. The normalized spacial score (nSPS) is 12.9. The Hall–Kier alpha value is -2.81. The van der Waals surface area contributed by atoms with Crippen LogP contribution in [-0.4, -0.2) is 13.1 Å². The Morgan fingerprint density at radius 3 is 2.22 bits per heavy atom. The van der Waals surface area contributed by atoms with E-state index in [1.54, 1.807) is 6.08 Å². The Bertz CT molecular complexity index is 675. The van der Waals surface area contributed by atoms with E-state index in [1.165, 1.54) is 7.11 Å². The van der Waals surface area contributed by atoms with Gasteiger partial charge in [-0.25, -0.2) is 4.79 Å². The molecular formula is C20H21NO2. The summed E-state index contributed by atoms with van der Waals surface area (Å²) in [4.78, 5) is 12.3. The van der Waals surface area contributed by atoms with Crippen LogP contribution in [-0.2, 0) is 9.53 Å². The topological polar surface area (TPSA) is 38.3 Å². The zero-order valence-electron chi connectivity index (χ0n) is 13.4. The van der Waals surface area contributed by atoms with E-state index in [9.17, 15) is 4.79 Å². The highest BCUT2D eigenvalue weighted by molar-refractivity contribution is 5.91. The van der Waals surface area contributed by atoms with Crippen molar-refractivity contribution >= 4 is 11.7 Å². The van der Waals surface area contributed by atoms with Crippen molar-refractivity contribution < 1.29 is 9.53 Å². The van der Waals surface area contributed by atoms with Gasteiger partial charge in [-0.15, -0.1) is 0 Å². The largest absolute Gasteiger partial charge is 0.466 e. The van der Waals surface area contributed by atoms with Gasteiger partial charge in [0.1, 0.15) is 0 Å². The van der Waals surface area contributed by atoms with Gasteiger partial charge in [-0.2, -0.15) is 0 Å². The number of hydrogen-bond donors (Lipinski definition) is 1. The Morgan fingerprint density at radius 2 is 1.65 bits per heavy atom. The van der Waals surface area contributed by atoms with Gasteiger partial charge in [0.25, 0.3) is 0 Å². The predicted molar refractivity (Wildman–Crippen MR) is 94.2 cm³/mol. The van der Waals surface area contributed by atoms with Crippen LogP contribution in [0.2, 0.25) is 0 Å². The highest BCUT2D eigenvalue weighted by Crippen LogP contribution is 2.27. The van der Waals surface area contributed by atoms with Crippen molar-refractivity contribution in [3.05, 3.63) is 90.0 Å². The quantitative estimate of drug-likeness (QED) is 0.484. The molecule has 1 N–H and O–H groups in total. The molecule has 0 fully saturated rings. The van der Waals surface area contributed by atoms with Crippen LogP contribution in [0.4, 0.5) is 5.69 Å². The summed E-state index contributed by atoms with van der Waals surface area (Å²) in [5, 5.41) is 3.42. The molecule has 2 rings (SSSR count). The molecule has 2 aromatic rings. The number of carbonyl (C=O) groups excluding carboxylic acids is 1. The predicted octanol–water partition coefficient (Wildman–Crippen LogP) is 4.52. The molecule has 3 heteroatoms. The zero-order valence-corrected chi connectivity index (χ0v) is 13.4. The summed E-state index contributed by atoms with van der Waals surface area (Å²) in [5.41, 5.74) is 2.50. The molecule has 0 bridgehead atoms. The molecular weight excluding hydrogens is 286 g/mol. The number of allylic oxidation sites excluding steroid dienone is 3. The van der Waals surface area contributed by atoms with Gasteiger partial charge in [-0.3, -0.25) is 0 Å². The lowest BCUT2D eigenvalue weighted by Gasteiger charge is -2.22. The van der Waals surface area contributed by atoms with E-state index in [1.807, 2.05) is 79.7 Å². The first-order chi connectivity index (χ1) is 11.3. The number of anilines is 1. The van der Waals surface area contributed by atoms with Crippen LogP contribution in [0.3, 0.4) is 0 Å². The van der Waals surface area contributed by atoms with Crippen LogP contribution in [0, 0.1) is 0 Å². The maximum Gasteiger partial charge on any atom is 0.336 e. The molecule has 0 aliphatic heterocycles.